The van der Waals surface area contributed by atoms with E-state index >= 15 is 0 Å². The second kappa shape index (κ2) is 6.34. The fourth-order valence-corrected chi connectivity index (χ4v) is 1.84. The molecule has 2 aromatic rings. The third-order valence-electron chi connectivity index (χ3n) is 2.78. The predicted octanol–water partition coefficient (Wildman–Crippen LogP) is 3.05. The third-order valence-corrected chi connectivity index (χ3v) is 2.78. The summed E-state index contributed by atoms with van der Waals surface area (Å²) >= 11 is 0. The standard InChI is InChI=1S/C15H17FN2O2/c1-10-4-5-13(14(6-10)19-3)20-15-11(8-17-2)7-12(16)9-18-15/h4-7,9,17H,8H2,1-3H3. The number of benzene rings is 1. The lowest BCUT2D eigenvalue weighted by Crippen LogP contribution is -2.08. The van der Waals surface area contributed by atoms with Crippen LogP contribution in [0.15, 0.2) is 30.5 Å². The smallest absolute Gasteiger partial charge is 0.224 e. The molecule has 0 fully saturated rings. The number of aryl methyl sites for hydroxylation is 1. The van der Waals surface area contributed by atoms with Gasteiger partial charge in [-0.05, 0) is 37.7 Å². The summed E-state index contributed by atoms with van der Waals surface area (Å²) in [6.45, 7) is 2.43. The summed E-state index contributed by atoms with van der Waals surface area (Å²) in [6, 6.07) is 7.00. The van der Waals surface area contributed by atoms with Crippen LogP contribution < -0.4 is 14.8 Å². The van der Waals surface area contributed by atoms with Gasteiger partial charge in [-0.3, -0.25) is 0 Å². The van der Waals surface area contributed by atoms with Crippen LogP contribution in [-0.2, 0) is 6.54 Å². The Morgan fingerprint density at radius 1 is 1.25 bits per heavy atom. The Kier molecular flexibility index (Phi) is 4.53. The lowest BCUT2D eigenvalue weighted by atomic mass is 10.2. The first-order valence-corrected chi connectivity index (χ1v) is 6.25. The van der Waals surface area contributed by atoms with Crippen molar-refractivity contribution in [3.05, 3.63) is 47.4 Å². The molecule has 1 aromatic heterocycles. The number of ether oxygens (including phenoxy) is 2. The van der Waals surface area contributed by atoms with Crippen molar-refractivity contribution in [2.45, 2.75) is 13.5 Å². The van der Waals surface area contributed by atoms with Crippen LogP contribution in [0.25, 0.3) is 0 Å². The molecule has 1 aromatic carbocycles. The van der Waals surface area contributed by atoms with Gasteiger partial charge in [0.15, 0.2) is 11.5 Å². The van der Waals surface area contributed by atoms with E-state index in [9.17, 15) is 4.39 Å². The van der Waals surface area contributed by atoms with Gasteiger partial charge in [-0.15, -0.1) is 0 Å². The second-order valence-electron chi connectivity index (χ2n) is 4.40. The minimum absolute atomic E-state index is 0.364. The van der Waals surface area contributed by atoms with Gasteiger partial charge in [0.2, 0.25) is 5.88 Å². The van der Waals surface area contributed by atoms with Crippen molar-refractivity contribution in [1.29, 1.82) is 0 Å². The van der Waals surface area contributed by atoms with Gasteiger partial charge in [-0.2, -0.15) is 0 Å². The Bertz CT molecular complexity index is 602. The number of aromatic nitrogens is 1. The molecule has 20 heavy (non-hydrogen) atoms. The molecule has 106 valence electrons. The molecule has 0 saturated heterocycles. The van der Waals surface area contributed by atoms with Gasteiger partial charge in [0.1, 0.15) is 5.82 Å². The summed E-state index contributed by atoms with van der Waals surface area (Å²) in [6.07, 6.45) is 1.13. The van der Waals surface area contributed by atoms with Crippen molar-refractivity contribution < 1.29 is 13.9 Å². The summed E-state index contributed by atoms with van der Waals surface area (Å²) in [5.74, 6) is 1.14. The molecule has 0 atom stereocenters. The molecular weight excluding hydrogens is 259 g/mol. The number of nitrogens with zero attached hydrogens (tertiary/aromatic N) is 1. The van der Waals surface area contributed by atoms with Crippen LogP contribution in [-0.4, -0.2) is 19.1 Å². The van der Waals surface area contributed by atoms with Crippen molar-refractivity contribution >= 4 is 0 Å². The van der Waals surface area contributed by atoms with Crippen molar-refractivity contribution in [2.75, 3.05) is 14.2 Å². The Labute approximate surface area is 117 Å². The van der Waals surface area contributed by atoms with E-state index in [-0.39, 0.29) is 0 Å². The van der Waals surface area contributed by atoms with E-state index in [0.717, 1.165) is 11.8 Å². The zero-order valence-electron chi connectivity index (χ0n) is 11.7. The van der Waals surface area contributed by atoms with E-state index in [1.54, 1.807) is 14.2 Å². The first kappa shape index (κ1) is 14.3. The van der Waals surface area contributed by atoms with E-state index in [2.05, 4.69) is 10.3 Å². The summed E-state index contributed by atoms with van der Waals surface area (Å²) in [7, 11) is 3.36. The van der Waals surface area contributed by atoms with E-state index < -0.39 is 5.82 Å². The predicted molar refractivity (Wildman–Crippen MR) is 74.8 cm³/mol. The molecule has 0 aliphatic heterocycles. The summed E-state index contributed by atoms with van der Waals surface area (Å²) in [5, 5.41) is 2.96. The number of nitrogens with one attached hydrogen (secondary N) is 1. The van der Waals surface area contributed by atoms with Crippen LogP contribution in [0.4, 0.5) is 4.39 Å². The molecule has 0 spiro atoms. The summed E-state index contributed by atoms with van der Waals surface area (Å²) in [4.78, 5) is 4.00. The van der Waals surface area contributed by atoms with Gasteiger partial charge in [-0.25, -0.2) is 9.37 Å². The van der Waals surface area contributed by atoms with Crippen molar-refractivity contribution in [3.63, 3.8) is 0 Å². The van der Waals surface area contributed by atoms with Crippen LogP contribution >= 0.6 is 0 Å². The molecule has 1 N–H and O–H groups in total. The highest BCUT2D eigenvalue weighted by Crippen LogP contribution is 2.32. The number of hydrogen-bond acceptors (Lipinski definition) is 4. The molecule has 0 unspecified atom stereocenters. The number of hydrogen-bond donors (Lipinski definition) is 1. The SMILES string of the molecule is CNCc1cc(F)cnc1Oc1ccc(C)cc1OC. The minimum atomic E-state index is -0.390. The molecule has 2 rings (SSSR count). The van der Waals surface area contributed by atoms with Gasteiger partial charge in [-0.1, -0.05) is 6.07 Å². The zero-order chi connectivity index (χ0) is 14.5. The van der Waals surface area contributed by atoms with E-state index in [1.165, 1.54) is 6.07 Å². The monoisotopic (exact) mass is 276 g/mol. The number of halogens is 1. The number of methoxy groups -OCH3 is 1. The number of rotatable bonds is 5. The molecule has 0 amide bonds. The third kappa shape index (κ3) is 3.24. The maximum Gasteiger partial charge on any atom is 0.224 e. The highest BCUT2D eigenvalue weighted by molar-refractivity contribution is 5.45. The van der Waals surface area contributed by atoms with Gasteiger partial charge < -0.3 is 14.8 Å². The van der Waals surface area contributed by atoms with Crippen LogP contribution in [0.5, 0.6) is 17.4 Å². The van der Waals surface area contributed by atoms with Gasteiger partial charge in [0.25, 0.3) is 0 Å². The first-order chi connectivity index (χ1) is 9.63. The van der Waals surface area contributed by atoms with Crippen molar-refractivity contribution in [3.8, 4) is 17.4 Å². The summed E-state index contributed by atoms with van der Waals surface area (Å²) in [5.41, 5.74) is 1.71. The minimum Gasteiger partial charge on any atom is -0.493 e. The average molecular weight is 276 g/mol. The quantitative estimate of drug-likeness (QED) is 0.911. The average Bonchev–Trinajstić information content (AvgIpc) is 2.43. The Balaban J connectivity index is 2.34. The van der Waals surface area contributed by atoms with Crippen LogP contribution in [0, 0.1) is 12.7 Å². The maximum atomic E-state index is 13.2. The van der Waals surface area contributed by atoms with E-state index in [0.29, 0.717) is 29.5 Å². The second-order valence-corrected chi connectivity index (χ2v) is 4.40. The van der Waals surface area contributed by atoms with Crippen molar-refractivity contribution in [2.24, 2.45) is 0 Å². The molecule has 0 bridgehead atoms. The lowest BCUT2D eigenvalue weighted by Gasteiger charge is -2.13. The maximum absolute atomic E-state index is 13.2. The zero-order valence-corrected chi connectivity index (χ0v) is 11.7. The first-order valence-electron chi connectivity index (χ1n) is 6.25. The fourth-order valence-electron chi connectivity index (χ4n) is 1.84. The molecule has 4 nitrogen and oxygen atoms in total. The molecule has 0 radical (unpaired) electrons. The van der Waals surface area contributed by atoms with Crippen LogP contribution in [0.1, 0.15) is 11.1 Å². The van der Waals surface area contributed by atoms with Gasteiger partial charge in [0.05, 0.1) is 13.3 Å². The van der Waals surface area contributed by atoms with Gasteiger partial charge in [0, 0.05) is 12.1 Å². The van der Waals surface area contributed by atoms with Crippen LogP contribution in [0.2, 0.25) is 0 Å². The van der Waals surface area contributed by atoms with E-state index in [4.69, 9.17) is 9.47 Å². The molecule has 5 heteroatoms. The van der Waals surface area contributed by atoms with Crippen LogP contribution in [0.3, 0.4) is 0 Å². The topological polar surface area (TPSA) is 43.4 Å². The number of pyridine rings is 1. The Hall–Kier alpha value is -2.14. The lowest BCUT2D eigenvalue weighted by molar-refractivity contribution is 0.371. The molecule has 0 saturated carbocycles. The molecule has 0 aliphatic carbocycles. The largest absolute Gasteiger partial charge is 0.493 e. The molecule has 0 aliphatic rings. The summed E-state index contributed by atoms with van der Waals surface area (Å²) < 4.78 is 24.3. The normalized spacial score (nSPS) is 10.4. The molecular formula is C15H17FN2O2. The van der Waals surface area contributed by atoms with E-state index in [1.807, 2.05) is 25.1 Å². The highest BCUT2D eigenvalue weighted by Gasteiger charge is 2.11. The van der Waals surface area contributed by atoms with Crippen molar-refractivity contribution in [1.82, 2.24) is 10.3 Å². The Morgan fingerprint density at radius 2 is 2.05 bits per heavy atom. The fraction of sp³-hybridized carbons (Fsp3) is 0.267. The van der Waals surface area contributed by atoms with Gasteiger partial charge >= 0.3 is 0 Å². The Morgan fingerprint density at radius 3 is 2.75 bits per heavy atom. The highest BCUT2D eigenvalue weighted by atomic mass is 19.1. The molecule has 1 heterocycles.